The highest BCUT2D eigenvalue weighted by atomic mass is 127. The lowest BCUT2D eigenvalue weighted by molar-refractivity contribution is 1.19. The first-order valence-corrected chi connectivity index (χ1v) is 9.24. The number of nitriles is 1. The molecule has 0 saturated heterocycles. The van der Waals surface area contributed by atoms with E-state index in [0.717, 1.165) is 16.9 Å². The summed E-state index contributed by atoms with van der Waals surface area (Å²) in [4.78, 5) is 0.987. The summed E-state index contributed by atoms with van der Waals surface area (Å²) in [5.74, 6) is 0. The molecule has 2 rings (SSSR count). The number of rotatable bonds is 5. The Morgan fingerprint density at radius 3 is 2.57 bits per heavy atom. The molecule has 0 radical (unpaired) electrons. The maximum Gasteiger partial charge on any atom is 0.0991 e. The molecule has 0 N–H and O–H groups in total. The van der Waals surface area contributed by atoms with Gasteiger partial charge in [-0.25, -0.2) is 0 Å². The zero-order valence-corrected chi connectivity index (χ0v) is 16.2. The van der Waals surface area contributed by atoms with Gasteiger partial charge in [0.05, 0.1) is 11.6 Å². The zero-order valence-electron chi connectivity index (χ0n) is 13.3. The highest BCUT2D eigenvalue weighted by Gasteiger charge is 2.02. The highest BCUT2D eigenvalue weighted by Crippen LogP contribution is 2.27. The van der Waals surface area contributed by atoms with E-state index in [9.17, 15) is 0 Å². The van der Waals surface area contributed by atoms with Gasteiger partial charge in [0.2, 0.25) is 0 Å². The van der Waals surface area contributed by atoms with Crippen molar-refractivity contribution in [3.8, 4) is 6.07 Å². The van der Waals surface area contributed by atoms with E-state index in [4.69, 9.17) is 5.26 Å². The second kappa shape index (κ2) is 8.37. The number of allylic oxidation sites excluding steroid dienone is 1. The van der Waals surface area contributed by atoms with Gasteiger partial charge in [-0.05, 0) is 88.7 Å². The Morgan fingerprint density at radius 1 is 1.22 bits per heavy atom. The van der Waals surface area contributed by atoms with Crippen LogP contribution in [0.5, 0.6) is 0 Å². The van der Waals surface area contributed by atoms with Crippen LogP contribution >= 0.6 is 34.4 Å². The van der Waals surface area contributed by atoms with Crippen molar-refractivity contribution in [3.05, 3.63) is 85.8 Å². The predicted octanol–water partition coefficient (Wildman–Crippen LogP) is 6.24. The summed E-state index contributed by atoms with van der Waals surface area (Å²) in [6.07, 6.45) is 3.10. The number of hydrogen-bond acceptors (Lipinski definition) is 2. The normalized spacial score (nSPS) is 10.7. The third-order valence-corrected chi connectivity index (χ3v) is 5.61. The summed E-state index contributed by atoms with van der Waals surface area (Å²) >= 11 is 3.99. The van der Waals surface area contributed by atoms with Crippen LogP contribution in [0.4, 0.5) is 0 Å². The molecule has 0 aliphatic carbocycles. The summed E-state index contributed by atoms with van der Waals surface area (Å²) in [6, 6.07) is 14.2. The van der Waals surface area contributed by atoms with Gasteiger partial charge < -0.3 is 0 Å². The molecule has 116 valence electrons. The van der Waals surface area contributed by atoms with Gasteiger partial charge in [-0.3, -0.25) is 0 Å². The van der Waals surface area contributed by atoms with Crippen LogP contribution < -0.4 is 0 Å². The van der Waals surface area contributed by atoms with Crippen LogP contribution in [0.1, 0.15) is 27.8 Å². The number of hydrogen-bond donors (Lipinski definition) is 0. The molecule has 2 aromatic carbocycles. The smallest absolute Gasteiger partial charge is 0.0991 e. The maximum absolute atomic E-state index is 8.82. The second-order valence-electron chi connectivity index (χ2n) is 5.33. The molecule has 0 atom stereocenters. The lowest BCUT2D eigenvalue weighted by Crippen LogP contribution is -1.91. The second-order valence-corrected chi connectivity index (χ2v) is 7.50. The molecule has 0 fully saturated rings. The van der Waals surface area contributed by atoms with Gasteiger partial charge in [-0.15, -0.1) is 0 Å². The predicted molar refractivity (Wildman–Crippen MR) is 109 cm³/mol. The van der Waals surface area contributed by atoms with Crippen molar-refractivity contribution in [2.75, 3.05) is 0 Å². The van der Waals surface area contributed by atoms with Gasteiger partial charge in [-0.2, -0.15) is 5.26 Å². The lowest BCUT2D eigenvalue weighted by atomic mass is 10.0. The van der Waals surface area contributed by atoms with Crippen molar-refractivity contribution in [2.24, 2.45) is 0 Å². The van der Waals surface area contributed by atoms with Crippen molar-refractivity contribution >= 4 is 39.3 Å². The van der Waals surface area contributed by atoms with Crippen LogP contribution in [-0.2, 0) is 6.42 Å². The molecular formula is C20H18INS. The Balaban J connectivity index is 1.95. The molecular weight excluding hydrogens is 413 g/mol. The van der Waals surface area contributed by atoms with Crippen molar-refractivity contribution in [1.29, 1.82) is 5.26 Å². The van der Waals surface area contributed by atoms with Gasteiger partial charge >= 0.3 is 0 Å². The minimum atomic E-state index is 0.673. The van der Waals surface area contributed by atoms with Gasteiger partial charge in [0.15, 0.2) is 0 Å². The fourth-order valence-electron chi connectivity index (χ4n) is 2.16. The van der Waals surface area contributed by atoms with E-state index >= 15 is 0 Å². The molecule has 0 saturated carbocycles. The molecule has 0 spiro atoms. The molecule has 0 amide bonds. The topological polar surface area (TPSA) is 23.8 Å². The Kier molecular flexibility index (Phi) is 6.49. The van der Waals surface area contributed by atoms with Crippen molar-refractivity contribution in [2.45, 2.75) is 20.3 Å². The fourth-order valence-corrected chi connectivity index (χ4v) is 3.42. The van der Waals surface area contributed by atoms with E-state index in [2.05, 4.69) is 72.7 Å². The summed E-state index contributed by atoms with van der Waals surface area (Å²) in [5, 5.41) is 10.9. The molecule has 3 heteroatoms. The van der Waals surface area contributed by atoms with E-state index in [1.54, 1.807) is 11.8 Å². The Morgan fingerprint density at radius 2 is 1.91 bits per heavy atom. The maximum atomic E-state index is 8.82. The standard InChI is InChI=1S/C20H18INS/c1-14-12-20(21)15(2)11-19(14)5-4-10-23-16(3)18-8-6-17(13-22)7-9-18/h4,6-12H,3,5H2,1-2H3/b10-4+. The van der Waals surface area contributed by atoms with Crippen LogP contribution in [-0.4, -0.2) is 0 Å². The fraction of sp³-hybridized carbons (Fsp3) is 0.150. The van der Waals surface area contributed by atoms with Gasteiger partial charge in [0.1, 0.15) is 0 Å². The lowest BCUT2D eigenvalue weighted by Gasteiger charge is -2.07. The van der Waals surface area contributed by atoms with E-state index < -0.39 is 0 Å². The molecule has 0 heterocycles. The Labute approximate surface area is 156 Å². The van der Waals surface area contributed by atoms with Gasteiger partial charge in [0.25, 0.3) is 0 Å². The van der Waals surface area contributed by atoms with Crippen LogP contribution in [0.25, 0.3) is 4.91 Å². The van der Waals surface area contributed by atoms with Crippen LogP contribution in [0.3, 0.4) is 0 Å². The van der Waals surface area contributed by atoms with E-state index in [1.807, 2.05) is 24.3 Å². The quantitative estimate of drug-likeness (QED) is 0.524. The number of thioether (sulfide) groups is 1. The molecule has 0 unspecified atom stereocenters. The molecule has 23 heavy (non-hydrogen) atoms. The first-order chi connectivity index (χ1) is 11.0. The van der Waals surface area contributed by atoms with Crippen LogP contribution in [0, 0.1) is 28.7 Å². The third kappa shape index (κ3) is 4.98. The minimum Gasteiger partial charge on any atom is -0.192 e. The zero-order chi connectivity index (χ0) is 16.8. The molecule has 0 bridgehead atoms. The summed E-state index contributed by atoms with van der Waals surface area (Å²) < 4.78 is 1.32. The SMILES string of the molecule is C=C(S/C=C/Cc1cc(C)c(I)cc1C)c1ccc(C#N)cc1. The molecule has 2 aromatic rings. The van der Waals surface area contributed by atoms with Crippen molar-refractivity contribution in [1.82, 2.24) is 0 Å². The first kappa shape index (κ1) is 17.8. The monoisotopic (exact) mass is 431 g/mol. The molecule has 1 nitrogen and oxygen atoms in total. The van der Waals surface area contributed by atoms with Crippen molar-refractivity contribution in [3.63, 3.8) is 0 Å². The van der Waals surface area contributed by atoms with E-state index in [0.29, 0.717) is 5.56 Å². The molecule has 0 aliphatic heterocycles. The number of nitrogens with zero attached hydrogens (tertiary/aromatic N) is 1. The average molecular weight is 431 g/mol. The number of aryl methyl sites for hydroxylation is 2. The summed E-state index contributed by atoms with van der Waals surface area (Å²) in [5.41, 5.74) is 5.75. The summed E-state index contributed by atoms with van der Waals surface area (Å²) in [7, 11) is 0. The largest absolute Gasteiger partial charge is 0.192 e. The first-order valence-electron chi connectivity index (χ1n) is 7.28. The van der Waals surface area contributed by atoms with E-state index in [1.165, 1.54) is 20.3 Å². The van der Waals surface area contributed by atoms with Crippen LogP contribution in [0.15, 0.2) is 54.5 Å². The average Bonchev–Trinajstić information content (AvgIpc) is 2.55. The molecule has 0 aliphatic rings. The Hall–Kier alpha value is -1.51. The minimum absolute atomic E-state index is 0.673. The highest BCUT2D eigenvalue weighted by molar-refractivity contribution is 14.1. The summed E-state index contributed by atoms with van der Waals surface area (Å²) in [6.45, 7) is 8.41. The van der Waals surface area contributed by atoms with Gasteiger partial charge in [0, 0.05) is 8.48 Å². The van der Waals surface area contributed by atoms with Crippen LogP contribution in [0.2, 0.25) is 0 Å². The number of halogens is 1. The third-order valence-electron chi connectivity index (χ3n) is 3.60. The van der Waals surface area contributed by atoms with E-state index in [-0.39, 0.29) is 0 Å². The molecule has 0 aromatic heterocycles. The van der Waals surface area contributed by atoms with Gasteiger partial charge in [-0.1, -0.05) is 42.6 Å². The number of benzene rings is 2. The van der Waals surface area contributed by atoms with Crippen molar-refractivity contribution < 1.29 is 0 Å². The Bertz CT molecular complexity index is 783.